The van der Waals surface area contributed by atoms with Gasteiger partial charge in [0.1, 0.15) is 95.5 Å². The van der Waals surface area contributed by atoms with Crippen LogP contribution in [0.5, 0.6) is 46.0 Å². The Kier molecular flexibility index (Phi) is 29.2. The van der Waals surface area contributed by atoms with Gasteiger partial charge >= 0.3 is 0 Å². The van der Waals surface area contributed by atoms with E-state index < -0.39 is 253 Å². The molecule has 18 atom stereocenters. The fourth-order valence-electron chi connectivity index (χ4n) is 15.9. The lowest BCUT2D eigenvalue weighted by atomic mass is 9.86. The van der Waals surface area contributed by atoms with E-state index >= 15 is 28.8 Å². The van der Waals surface area contributed by atoms with Gasteiger partial charge in [-0.3, -0.25) is 47.9 Å². The molecule has 0 saturated carbocycles. The van der Waals surface area contributed by atoms with Crippen molar-refractivity contribution in [3.05, 3.63) is 189 Å². The number of likely N-dealkylation sites (N-methyl/N-ethyl adjacent to an activating group) is 1. The number of phenols is 3. The summed E-state index contributed by atoms with van der Waals surface area (Å²) >= 11 is 14.3. The molecule has 7 aliphatic rings. The number of carbonyl (C=O) groups is 9. The monoisotopic (exact) mass is 1850 g/mol. The van der Waals surface area contributed by atoms with E-state index in [4.69, 9.17) is 63.1 Å². The SMILES string of the molecule is CNC(CC(C)C)C(=O)NC1C(=O)NC(CC(N)=O)C(=O)NC2C(=O)NC3C(=O)NC(C(=O)NC(C(=O)NCCCNC(=O)c4ccc5cc(NS(=O)(=O)c6ccc(C(C)C)cc6)ccc5c4)c4cc(O)cc(O)c4-c4cc3ccc4O)C(O)c3ccc(c(Cl)c3)Oc3cc2cc(c3OC2OC(CO)C(O)C(O)C2OC2CC(C)(N)C(O)C(C)O2)Oc2ccc(cc2Cl)C1O. The van der Waals surface area contributed by atoms with E-state index in [1.54, 1.807) is 42.5 Å². The summed E-state index contributed by atoms with van der Waals surface area (Å²) in [5.74, 6) is -15.7. The van der Waals surface area contributed by atoms with Crippen LogP contribution < -0.4 is 78.3 Å². The Morgan fingerprint density at radius 2 is 1.28 bits per heavy atom. The zero-order valence-corrected chi connectivity index (χ0v) is 73.3. The van der Waals surface area contributed by atoms with Gasteiger partial charge in [-0.2, -0.15) is 0 Å². The van der Waals surface area contributed by atoms with Gasteiger partial charge in [-0.1, -0.05) is 93.4 Å². The molecule has 0 spiro atoms. The molecule has 41 heteroatoms. The van der Waals surface area contributed by atoms with Crippen molar-refractivity contribution in [2.24, 2.45) is 17.4 Å². The number of halogens is 2. The van der Waals surface area contributed by atoms with Gasteiger partial charge < -0.3 is 134 Å². The number of hydrogen-bond donors (Lipinski definition) is 21. The van der Waals surface area contributed by atoms with Gasteiger partial charge in [0.15, 0.2) is 23.9 Å². The number of nitrogens with two attached hydrogens (primary N) is 2. The third kappa shape index (κ3) is 21.2. The molecule has 9 amide bonds. The van der Waals surface area contributed by atoms with E-state index in [9.17, 15) is 68.8 Å². The zero-order chi connectivity index (χ0) is 94.0. The Balaban J connectivity index is 0.899. The summed E-state index contributed by atoms with van der Waals surface area (Å²) in [6.07, 6.45) is -18.9. The number of primary amides is 1. The van der Waals surface area contributed by atoms with Crippen molar-refractivity contribution >= 4 is 103 Å². The highest BCUT2D eigenvalue weighted by Gasteiger charge is 2.52. The van der Waals surface area contributed by atoms with E-state index in [2.05, 4.69) is 52.6 Å². The van der Waals surface area contributed by atoms with E-state index in [1.807, 2.05) is 27.7 Å². The largest absolute Gasteiger partial charge is 0.508 e. The lowest BCUT2D eigenvalue weighted by Crippen LogP contribution is -2.64. The molecule has 8 aromatic rings. The fourth-order valence-corrected chi connectivity index (χ4v) is 17.4. The van der Waals surface area contributed by atoms with Crippen molar-refractivity contribution < 1.29 is 126 Å². The summed E-state index contributed by atoms with van der Waals surface area (Å²) in [7, 11) is -2.50. The fraction of sp³-hybridized carbons (Fsp3) is 0.382. The molecule has 0 radical (unpaired) electrons. The number of rotatable bonds is 22. The second kappa shape index (κ2) is 39.7. The van der Waals surface area contributed by atoms with Gasteiger partial charge in [-0.05, 0) is 181 Å². The van der Waals surface area contributed by atoms with Crippen LogP contribution in [0.2, 0.25) is 10.0 Å². The first kappa shape index (κ1) is 95.5. The molecule has 2 fully saturated rings. The highest BCUT2D eigenvalue weighted by atomic mass is 35.5. The first-order chi connectivity index (χ1) is 61.6. The van der Waals surface area contributed by atoms with Crippen LogP contribution >= 0.6 is 23.2 Å². The van der Waals surface area contributed by atoms with Gasteiger partial charge in [0.05, 0.1) is 46.2 Å². The van der Waals surface area contributed by atoms with Gasteiger partial charge in [-0.25, -0.2) is 8.42 Å². The molecule has 23 N–H and O–H groups in total. The van der Waals surface area contributed by atoms with Crippen molar-refractivity contribution in [3.8, 4) is 57.1 Å². The number of aliphatic hydroxyl groups excluding tert-OH is 6. The molecular formula is C89H100Cl2N12O26S. The summed E-state index contributed by atoms with van der Waals surface area (Å²) in [6, 6.07) is 15.7. The molecule has 7 aliphatic heterocycles. The lowest BCUT2D eigenvalue weighted by molar-refractivity contribution is -0.333. The predicted octanol–water partition coefficient (Wildman–Crippen LogP) is 4.04. The lowest BCUT2D eigenvalue weighted by Gasteiger charge is -2.47. The summed E-state index contributed by atoms with van der Waals surface area (Å²) in [4.78, 5) is 135. The number of sulfonamides is 1. The highest BCUT2D eigenvalue weighted by Crippen LogP contribution is 2.50. The number of benzene rings is 8. The molecule has 0 aliphatic carbocycles. The van der Waals surface area contributed by atoms with Crippen LogP contribution in [0, 0.1) is 5.92 Å². The number of aliphatic hydroxyl groups is 6. The second-order valence-electron chi connectivity index (χ2n) is 33.4. The van der Waals surface area contributed by atoms with Crippen molar-refractivity contribution in [2.45, 2.75) is 187 Å². The highest BCUT2D eigenvalue weighted by molar-refractivity contribution is 7.92. The van der Waals surface area contributed by atoms with Gasteiger partial charge in [0.2, 0.25) is 59.3 Å². The molecule has 8 aromatic carbocycles. The van der Waals surface area contributed by atoms with E-state index in [-0.39, 0.29) is 87.8 Å². The number of aromatic hydroxyl groups is 3. The van der Waals surface area contributed by atoms with Crippen molar-refractivity contribution in [1.82, 2.24) is 47.9 Å². The standard InChI is InChI=1S/C89H100Cl2N12O26S/c1-38(2)25-56(94-7)81(115)101-71-73(109)45-15-21-60(54(90)29-45)125-62-31-48-32-63(77(62)129-88-78(76(112)75(111)64(37-104)127-88)128-66-36-89(6,93)79(113)40(5)124-66)126-61-22-16-46(30-55(61)91)74(110)72-87(121)100-70(83(117)96-24-8-23-95-80(114)47-10-9-43-27-49(17-11-42(43)26-47)103-130(122,123)51-18-12-41(13-19-51)39(3)4)53-33-50(105)34-59(107)67(53)52-28-44(14-20-58(52)106)68(84(118)102-72)99-85(119)69(48)98-82(116)57(35-65(92)108)97-86(71)120/h9-22,26-34,38-40,56-57,64,66,68-76,78-79,88,94,103-107,109-113H,8,23-25,35-37,93H2,1-7H3,(H2,92,108)(H,95,114)(H,96,117)(H,97,120)(H,98,116)(H,99,119)(H,100,121)(H,101,115)(H,102,118). The first-order valence-corrected chi connectivity index (χ1v) is 43.8. The Labute approximate surface area is 754 Å². The average Bonchev–Trinajstić information content (AvgIpc) is 0.772. The normalized spacial score (nSPS) is 25.6. The number of phenolic OH excluding ortho intramolecular Hbond substituents is 3. The number of carbonyl (C=O) groups excluding carboxylic acids is 9. The van der Waals surface area contributed by atoms with Gasteiger partial charge in [0.25, 0.3) is 15.9 Å². The molecule has 15 rings (SSSR count). The van der Waals surface area contributed by atoms with E-state index in [0.29, 0.717) is 10.8 Å². The molecule has 18 unspecified atom stereocenters. The summed E-state index contributed by atoms with van der Waals surface area (Å²) < 4.78 is 68.0. The third-order valence-corrected chi connectivity index (χ3v) is 24.9. The van der Waals surface area contributed by atoms with Crippen LogP contribution in [0.15, 0.2) is 144 Å². The predicted molar refractivity (Wildman–Crippen MR) is 467 cm³/mol. The zero-order valence-electron chi connectivity index (χ0n) is 71.0. The Morgan fingerprint density at radius 3 is 1.91 bits per heavy atom. The van der Waals surface area contributed by atoms with Crippen LogP contribution in [0.25, 0.3) is 21.9 Å². The molecular weight excluding hydrogens is 1760 g/mol. The van der Waals surface area contributed by atoms with E-state index in [0.717, 1.165) is 72.3 Å². The van der Waals surface area contributed by atoms with Crippen molar-refractivity contribution in [3.63, 3.8) is 0 Å². The molecule has 38 nitrogen and oxygen atoms in total. The summed E-state index contributed by atoms with van der Waals surface area (Å²) in [5, 5.41) is 130. The Morgan fingerprint density at radius 1 is 0.654 bits per heavy atom. The summed E-state index contributed by atoms with van der Waals surface area (Å²) in [6.45, 7) is 9.26. The first-order valence-electron chi connectivity index (χ1n) is 41.5. The minimum atomic E-state index is -3.97. The number of fused-ring (bicyclic) bond motifs is 16. The van der Waals surface area contributed by atoms with Gasteiger partial charge in [-0.15, -0.1) is 0 Å². The number of ether oxygens (including phenoxy) is 6. The number of hydrogen-bond acceptors (Lipinski definition) is 28. The molecule has 692 valence electrons. The molecule has 0 aromatic heterocycles. The molecule has 130 heavy (non-hydrogen) atoms. The Bertz CT molecular complexity index is 5820. The maximum atomic E-state index is 16.4. The second-order valence-corrected chi connectivity index (χ2v) is 35.9. The van der Waals surface area contributed by atoms with Crippen molar-refractivity contribution in [1.29, 1.82) is 0 Å². The van der Waals surface area contributed by atoms with Gasteiger partial charge in [0, 0.05) is 53.5 Å². The maximum Gasteiger partial charge on any atom is 0.261 e. The number of amides is 9. The maximum absolute atomic E-state index is 16.4. The van der Waals surface area contributed by atoms with Crippen LogP contribution in [0.1, 0.15) is 147 Å². The molecule has 11 bridgehead atoms. The number of nitrogens with one attached hydrogen (secondary N) is 10. The molecule has 2 saturated heterocycles. The van der Waals surface area contributed by atoms with Crippen LogP contribution in [-0.4, -0.2) is 213 Å². The van der Waals surface area contributed by atoms with Crippen LogP contribution in [-0.2, 0) is 62.6 Å². The molecule has 7 heterocycles. The third-order valence-electron chi connectivity index (χ3n) is 22.9. The number of anilines is 1. The Hall–Kier alpha value is -12.1. The van der Waals surface area contributed by atoms with Crippen LogP contribution in [0.3, 0.4) is 0 Å². The smallest absolute Gasteiger partial charge is 0.261 e. The topological polar surface area (TPSA) is 598 Å². The minimum absolute atomic E-state index is 0.000842. The van der Waals surface area contributed by atoms with E-state index in [1.165, 1.54) is 51.2 Å². The average molecular weight is 1860 g/mol. The summed E-state index contributed by atoms with van der Waals surface area (Å²) in [5.41, 5.74) is 9.71. The quantitative estimate of drug-likeness (QED) is 0.0426. The minimum Gasteiger partial charge on any atom is -0.508 e. The van der Waals surface area contributed by atoms with Crippen molar-refractivity contribution in [2.75, 3.05) is 31.5 Å². The van der Waals surface area contributed by atoms with Crippen LogP contribution in [0.4, 0.5) is 5.69 Å².